The number of amides is 1. The summed E-state index contributed by atoms with van der Waals surface area (Å²) < 4.78 is 25.1. The number of carbonyl (C=O) groups excluding carboxylic acids is 1. The first kappa shape index (κ1) is 18.2. The van der Waals surface area contributed by atoms with Gasteiger partial charge in [0.25, 0.3) is 0 Å². The molecule has 2 aromatic carbocycles. The molecule has 0 unspecified atom stereocenters. The molecule has 3 aromatic rings. The number of aryl methyl sites for hydroxylation is 1. The third-order valence-electron chi connectivity index (χ3n) is 4.45. The number of nitrogens with one attached hydrogen (secondary N) is 1. The summed E-state index contributed by atoms with van der Waals surface area (Å²) in [5, 5.41) is 4.12. The molecule has 0 fully saturated rings. The number of aromatic nitrogens is 1. The van der Waals surface area contributed by atoms with E-state index in [1.807, 2.05) is 43.5 Å². The molecule has 136 valence electrons. The average molecular weight is 370 g/mol. The summed E-state index contributed by atoms with van der Waals surface area (Å²) >= 11 is 0. The Labute approximate surface area is 153 Å². The van der Waals surface area contributed by atoms with Crippen LogP contribution in [0.3, 0.4) is 0 Å². The molecule has 0 saturated carbocycles. The lowest BCUT2D eigenvalue weighted by Gasteiger charge is -2.15. The smallest absolute Gasteiger partial charge is 0.222 e. The number of sulfone groups is 1. The lowest BCUT2D eigenvalue weighted by Crippen LogP contribution is -2.27. The SMILES string of the molecule is C[C@H](NC(=O)CCn1ccc2ccccc21)c1ccc(S(C)(=O)=O)cc1. The molecule has 5 nitrogen and oxygen atoms in total. The maximum absolute atomic E-state index is 12.3. The van der Waals surface area contributed by atoms with E-state index in [0.717, 1.165) is 16.5 Å². The number of fused-ring (bicyclic) bond motifs is 1. The lowest BCUT2D eigenvalue weighted by molar-refractivity contribution is -0.121. The molecule has 0 aliphatic heterocycles. The van der Waals surface area contributed by atoms with Crippen LogP contribution in [0.25, 0.3) is 10.9 Å². The number of para-hydroxylation sites is 1. The molecule has 1 amide bonds. The van der Waals surface area contributed by atoms with Crippen molar-refractivity contribution in [2.24, 2.45) is 0 Å². The van der Waals surface area contributed by atoms with Crippen molar-refractivity contribution in [2.45, 2.75) is 30.8 Å². The molecule has 1 N–H and O–H groups in total. The highest BCUT2D eigenvalue weighted by molar-refractivity contribution is 7.90. The molecule has 6 heteroatoms. The summed E-state index contributed by atoms with van der Waals surface area (Å²) in [5.41, 5.74) is 1.99. The van der Waals surface area contributed by atoms with Gasteiger partial charge < -0.3 is 9.88 Å². The Balaban J connectivity index is 1.59. The fourth-order valence-corrected chi connectivity index (χ4v) is 3.59. The number of nitrogens with zero attached hydrogens (tertiary/aromatic N) is 1. The van der Waals surface area contributed by atoms with Crippen LogP contribution in [0.4, 0.5) is 0 Å². The second-order valence-corrected chi connectivity index (χ2v) is 8.46. The topological polar surface area (TPSA) is 68.2 Å². The Morgan fingerprint density at radius 2 is 1.77 bits per heavy atom. The van der Waals surface area contributed by atoms with E-state index in [1.165, 1.54) is 6.26 Å². The average Bonchev–Trinajstić information content (AvgIpc) is 3.02. The predicted octanol–water partition coefficient (Wildman–Crippen LogP) is 3.31. The van der Waals surface area contributed by atoms with Crippen LogP contribution in [0.1, 0.15) is 24.9 Å². The van der Waals surface area contributed by atoms with Gasteiger partial charge in [-0.25, -0.2) is 8.42 Å². The maximum atomic E-state index is 12.3. The predicted molar refractivity (Wildman–Crippen MR) is 103 cm³/mol. The van der Waals surface area contributed by atoms with Crippen molar-refractivity contribution in [3.05, 3.63) is 66.4 Å². The first-order chi connectivity index (χ1) is 12.3. The van der Waals surface area contributed by atoms with E-state index in [9.17, 15) is 13.2 Å². The first-order valence-electron chi connectivity index (χ1n) is 8.48. The van der Waals surface area contributed by atoms with Crippen molar-refractivity contribution < 1.29 is 13.2 Å². The van der Waals surface area contributed by atoms with Gasteiger partial charge in [0, 0.05) is 30.9 Å². The highest BCUT2D eigenvalue weighted by Gasteiger charge is 2.12. The number of rotatable bonds is 6. The van der Waals surface area contributed by atoms with Crippen molar-refractivity contribution in [3.63, 3.8) is 0 Å². The molecular weight excluding hydrogens is 348 g/mol. The zero-order valence-electron chi connectivity index (χ0n) is 14.8. The van der Waals surface area contributed by atoms with Gasteiger partial charge in [-0.1, -0.05) is 30.3 Å². The van der Waals surface area contributed by atoms with Gasteiger partial charge in [-0.3, -0.25) is 4.79 Å². The van der Waals surface area contributed by atoms with E-state index >= 15 is 0 Å². The van der Waals surface area contributed by atoms with Crippen molar-refractivity contribution in [2.75, 3.05) is 6.26 Å². The molecule has 0 aliphatic carbocycles. The fraction of sp³-hybridized carbons (Fsp3) is 0.250. The third-order valence-corrected chi connectivity index (χ3v) is 5.57. The van der Waals surface area contributed by atoms with E-state index in [0.29, 0.717) is 13.0 Å². The Bertz CT molecular complexity index is 1020. The summed E-state index contributed by atoms with van der Waals surface area (Å²) in [6.45, 7) is 2.50. The van der Waals surface area contributed by atoms with Gasteiger partial charge in [0.15, 0.2) is 9.84 Å². The molecule has 0 spiro atoms. The van der Waals surface area contributed by atoms with Gasteiger partial charge in [0.2, 0.25) is 5.91 Å². The standard InChI is InChI=1S/C20H22N2O3S/c1-15(16-7-9-18(10-8-16)26(2,24)25)21-20(23)12-14-22-13-11-17-5-3-4-6-19(17)22/h3-11,13,15H,12,14H2,1-2H3,(H,21,23)/t15-/m0/s1. The highest BCUT2D eigenvalue weighted by atomic mass is 32.2. The molecule has 1 aromatic heterocycles. The van der Waals surface area contributed by atoms with Crippen molar-refractivity contribution >= 4 is 26.6 Å². The largest absolute Gasteiger partial charge is 0.350 e. The van der Waals surface area contributed by atoms with Crippen molar-refractivity contribution in [1.29, 1.82) is 0 Å². The Morgan fingerprint density at radius 1 is 1.08 bits per heavy atom. The van der Waals surface area contributed by atoms with E-state index < -0.39 is 9.84 Å². The zero-order chi connectivity index (χ0) is 18.7. The maximum Gasteiger partial charge on any atom is 0.222 e. The van der Waals surface area contributed by atoms with Crippen LogP contribution in [-0.2, 0) is 21.2 Å². The second kappa shape index (κ2) is 7.33. The minimum absolute atomic E-state index is 0.0394. The Hall–Kier alpha value is -2.60. The van der Waals surface area contributed by atoms with Gasteiger partial charge >= 0.3 is 0 Å². The molecule has 3 rings (SSSR count). The number of hydrogen-bond donors (Lipinski definition) is 1. The van der Waals surface area contributed by atoms with Crippen LogP contribution in [0, 0.1) is 0 Å². The van der Waals surface area contributed by atoms with Gasteiger partial charge in [0.05, 0.1) is 10.9 Å². The summed E-state index contributed by atoms with van der Waals surface area (Å²) in [6.07, 6.45) is 3.55. The van der Waals surface area contributed by atoms with Crippen LogP contribution < -0.4 is 5.32 Å². The van der Waals surface area contributed by atoms with Crippen LogP contribution in [0.15, 0.2) is 65.7 Å². The van der Waals surface area contributed by atoms with Gasteiger partial charge in [-0.15, -0.1) is 0 Å². The molecule has 0 aliphatic rings. The molecular formula is C20H22N2O3S. The van der Waals surface area contributed by atoms with Gasteiger partial charge in [-0.2, -0.15) is 0 Å². The van der Waals surface area contributed by atoms with Crippen LogP contribution >= 0.6 is 0 Å². The molecule has 0 saturated heterocycles. The Kier molecular flexibility index (Phi) is 5.13. The third kappa shape index (κ3) is 4.14. The van der Waals surface area contributed by atoms with Crippen molar-refractivity contribution in [3.8, 4) is 0 Å². The summed E-state index contributed by atoms with van der Waals surface area (Å²) in [5.74, 6) is -0.0394. The first-order valence-corrected chi connectivity index (χ1v) is 10.4. The van der Waals surface area contributed by atoms with E-state index in [-0.39, 0.29) is 16.8 Å². The summed E-state index contributed by atoms with van der Waals surface area (Å²) in [4.78, 5) is 12.5. The lowest BCUT2D eigenvalue weighted by atomic mass is 10.1. The van der Waals surface area contributed by atoms with E-state index in [1.54, 1.807) is 24.3 Å². The molecule has 0 radical (unpaired) electrons. The monoisotopic (exact) mass is 370 g/mol. The number of benzene rings is 2. The number of carbonyl (C=O) groups is 1. The minimum atomic E-state index is -3.21. The Morgan fingerprint density at radius 3 is 2.46 bits per heavy atom. The fourth-order valence-electron chi connectivity index (χ4n) is 2.96. The van der Waals surface area contributed by atoms with Crippen LogP contribution in [0.2, 0.25) is 0 Å². The minimum Gasteiger partial charge on any atom is -0.350 e. The van der Waals surface area contributed by atoms with Crippen LogP contribution in [0.5, 0.6) is 0 Å². The molecule has 0 bridgehead atoms. The normalized spacial score (nSPS) is 12.8. The van der Waals surface area contributed by atoms with Gasteiger partial charge in [0.1, 0.15) is 0 Å². The van der Waals surface area contributed by atoms with E-state index in [2.05, 4.69) is 9.88 Å². The number of hydrogen-bond acceptors (Lipinski definition) is 3. The summed E-state index contributed by atoms with van der Waals surface area (Å²) in [6, 6.07) is 16.5. The van der Waals surface area contributed by atoms with Gasteiger partial charge in [-0.05, 0) is 42.1 Å². The van der Waals surface area contributed by atoms with Crippen molar-refractivity contribution in [1.82, 2.24) is 9.88 Å². The molecule has 1 atom stereocenters. The summed E-state index contributed by atoms with van der Waals surface area (Å²) in [7, 11) is -3.21. The molecule has 1 heterocycles. The second-order valence-electron chi connectivity index (χ2n) is 6.45. The quantitative estimate of drug-likeness (QED) is 0.724. The highest BCUT2D eigenvalue weighted by Crippen LogP contribution is 2.17. The molecule has 26 heavy (non-hydrogen) atoms. The zero-order valence-corrected chi connectivity index (χ0v) is 15.7. The van der Waals surface area contributed by atoms with Crippen LogP contribution in [-0.4, -0.2) is 25.1 Å². The van der Waals surface area contributed by atoms with E-state index in [4.69, 9.17) is 0 Å².